The zero-order valence-electron chi connectivity index (χ0n) is 8.59. The predicted molar refractivity (Wildman–Crippen MR) is 62.4 cm³/mol. The molecule has 0 aromatic heterocycles. The summed E-state index contributed by atoms with van der Waals surface area (Å²) < 4.78 is 0. The van der Waals surface area contributed by atoms with Crippen molar-refractivity contribution in [2.24, 2.45) is 0 Å². The van der Waals surface area contributed by atoms with E-state index in [1.54, 1.807) is 6.92 Å². The standard InChI is InChI=1S/C11H10Cl2O3/c1-2-6(14)5-8-9(12)4-3-7(10(8)13)11(15)16/h3-4H,2,5H2,1H3,(H,15,16). The van der Waals surface area contributed by atoms with E-state index in [1.165, 1.54) is 12.1 Å². The number of hydrogen-bond donors (Lipinski definition) is 1. The van der Waals surface area contributed by atoms with Crippen LogP contribution in [0.15, 0.2) is 12.1 Å². The lowest BCUT2D eigenvalue weighted by Gasteiger charge is -2.08. The molecule has 0 bridgehead atoms. The molecule has 1 rings (SSSR count). The quantitative estimate of drug-likeness (QED) is 0.905. The average Bonchev–Trinajstić information content (AvgIpc) is 2.23. The van der Waals surface area contributed by atoms with E-state index < -0.39 is 5.97 Å². The molecule has 16 heavy (non-hydrogen) atoms. The fraction of sp³-hybridized carbons (Fsp3) is 0.273. The Balaban J connectivity index is 3.21. The minimum Gasteiger partial charge on any atom is -0.478 e. The molecule has 0 aliphatic heterocycles. The Morgan fingerprint density at radius 3 is 2.44 bits per heavy atom. The molecule has 0 spiro atoms. The predicted octanol–water partition coefficient (Wildman–Crippen LogP) is 3.21. The van der Waals surface area contributed by atoms with Crippen LogP contribution in [0.5, 0.6) is 0 Å². The largest absolute Gasteiger partial charge is 0.478 e. The topological polar surface area (TPSA) is 54.4 Å². The van der Waals surface area contributed by atoms with Gasteiger partial charge < -0.3 is 5.11 Å². The van der Waals surface area contributed by atoms with Gasteiger partial charge in [-0.05, 0) is 17.7 Å². The number of hydrogen-bond acceptors (Lipinski definition) is 2. The molecular weight excluding hydrogens is 251 g/mol. The van der Waals surface area contributed by atoms with E-state index in [0.717, 1.165) is 0 Å². The third-order valence-corrected chi connectivity index (χ3v) is 2.97. The van der Waals surface area contributed by atoms with Gasteiger partial charge in [-0.1, -0.05) is 30.1 Å². The first-order valence-corrected chi connectivity index (χ1v) is 5.44. The zero-order chi connectivity index (χ0) is 12.3. The lowest BCUT2D eigenvalue weighted by molar-refractivity contribution is -0.118. The van der Waals surface area contributed by atoms with E-state index in [0.29, 0.717) is 17.0 Å². The number of carbonyl (C=O) groups excluding carboxylic acids is 1. The van der Waals surface area contributed by atoms with Crippen LogP contribution in [0.1, 0.15) is 29.3 Å². The van der Waals surface area contributed by atoms with Gasteiger partial charge in [-0.3, -0.25) is 4.79 Å². The van der Waals surface area contributed by atoms with Gasteiger partial charge in [-0.25, -0.2) is 4.79 Å². The molecule has 1 aromatic carbocycles. The van der Waals surface area contributed by atoms with Gasteiger partial charge in [0.05, 0.1) is 10.6 Å². The van der Waals surface area contributed by atoms with Crippen molar-refractivity contribution in [3.63, 3.8) is 0 Å². The molecule has 0 amide bonds. The highest BCUT2D eigenvalue weighted by Gasteiger charge is 2.16. The summed E-state index contributed by atoms with van der Waals surface area (Å²) in [5.41, 5.74) is 0.347. The van der Waals surface area contributed by atoms with E-state index in [1.807, 2.05) is 0 Å². The van der Waals surface area contributed by atoms with Crippen LogP contribution in [0.3, 0.4) is 0 Å². The molecule has 0 aliphatic carbocycles. The van der Waals surface area contributed by atoms with Gasteiger partial charge in [0.1, 0.15) is 5.78 Å². The number of carboxylic acids is 1. The maximum atomic E-state index is 11.3. The number of ketones is 1. The van der Waals surface area contributed by atoms with Crippen molar-refractivity contribution in [1.82, 2.24) is 0 Å². The molecule has 0 saturated carbocycles. The minimum atomic E-state index is -1.13. The Morgan fingerprint density at radius 2 is 1.94 bits per heavy atom. The number of benzene rings is 1. The number of Topliss-reactive ketones (excluding diaryl/α,β-unsaturated/α-hetero) is 1. The zero-order valence-corrected chi connectivity index (χ0v) is 10.1. The van der Waals surface area contributed by atoms with Crippen molar-refractivity contribution in [3.8, 4) is 0 Å². The van der Waals surface area contributed by atoms with Crippen LogP contribution >= 0.6 is 23.2 Å². The molecule has 0 atom stereocenters. The Kier molecular flexibility index (Phi) is 4.33. The number of rotatable bonds is 4. The van der Waals surface area contributed by atoms with Crippen molar-refractivity contribution in [2.75, 3.05) is 0 Å². The second-order valence-electron chi connectivity index (χ2n) is 3.26. The lowest BCUT2D eigenvalue weighted by atomic mass is 10.0. The Morgan fingerprint density at radius 1 is 1.31 bits per heavy atom. The monoisotopic (exact) mass is 260 g/mol. The molecule has 0 fully saturated rings. The fourth-order valence-corrected chi connectivity index (χ4v) is 1.83. The van der Waals surface area contributed by atoms with Crippen molar-refractivity contribution in [1.29, 1.82) is 0 Å². The van der Waals surface area contributed by atoms with E-state index in [2.05, 4.69) is 0 Å². The molecule has 1 aromatic rings. The molecule has 86 valence electrons. The highest BCUT2D eigenvalue weighted by atomic mass is 35.5. The SMILES string of the molecule is CCC(=O)Cc1c(Cl)ccc(C(=O)O)c1Cl. The van der Waals surface area contributed by atoms with Crippen LogP contribution < -0.4 is 0 Å². The van der Waals surface area contributed by atoms with Crippen LogP contribution in [0, 0.1) is 0 Å². The fourth-order valence-electron chi connectivity index (χ4n) is 1.25. The maximum absolute atomic E-state index is 11.3. The summed E-state index contributed by atoms with van der Waals surface area (Å²) in [6.07, 6.45) is 0.430. The Hall–Kier alpha value is -1.06. The average molecular weight is 261 g/mol. The molecule has 5 heteroatoms. The number of aromatic carboxylic acids is 1. The summed E-state index contributed by atoms with van der Waals surface area (Å²) in [6.45, 7) is 1.73. The van der Waals surface area contributed by atoms with Crippen LogP contribution in [-0.4, -0.2) is 16.9 Å². The van der Waals surface area contributed by atoms with Crippen molar-refractivity contribution in [2.45, 2.75) is 19.8 Å². The van der Waals surface area contributed by atoms with Crippen molar-refractivity contribution >= 4 is 35.0 Å². The molecule has 3 nitrogen and oxygen atoms in total. The number of carboxylic acid groups (broad SMARTS) is 1. The van der Waals surface area contributed by atoms with Gasteiger partial charge in [0.25, 0.3) is 0 Å². The van der Waals surface area contributed by atoms with Gasteiger partial charge in [-0.15, -0.1) is 0 Å². The van der Waals surface area contributed by atoms with Crippen LogP contribution in [-0.2, 0) is 11.2 Å². The highest BCUT2D eigenvalue weighted by molar-refractivity contribution is 6.38. The Bertz CT molecular complexity index is 441. The smallest absolute Gasteiger partial charge is 0.337 e. The first kappa shape index (κ1) is 13.0. The Labute approximate surface area is 103 Å². The summed E-state index contributed by atoms with van der Waals surface area (Å²) >= 11 is 11.8. The normalized spacial score (nSPS) is 10.2. The summed E-state index contributed by atoms with van der Waals surface area (Å²) in [5, 5.41) is 9.22. The summed E-state index contributed by atoms with van der Waals surface area (Å²) in [6, 6.07) is 2.77. The van der Waals surface area contributed by atoms with Gasteiger partial charge in [0.2, 0.25) is 0 Å². The van der Waals surface area contributed by atoms with Crippen molar-refractivity contribution < 1.29 is 14.7 Å². The molecule has 1 N–H and O–H groups in total. The third-order valence-electron chi connectivity index (χ3n) is 2.18. The van der Waals surface area contributed by atoms with Gasteiger partial charge in [0.15, 0.2) is 0 Å². The molecule has 0 unspecified atom stereocenters. The van der Waals surface area contributed by atoms with E-state index in [-0.39, 0.29) is 22.8 Å². The van der Waals surface area contributed by atoms with Gasteiger partial charge in [0, 0.05) is 17.9 Å². The summed E-state index contributed by atoms with van der Waals surface area (Å²) in [4.78, 5) is 22.1. The molecule has 0 aliphatic rings. The van der Waals surface area contributed by atoms with Crippen LogP contribution in [0.25, 0.3) is 0 Å². The number of halogens is 2. The second-order valence-corrected chi connectivity index (χ2v) is 4.05. The third kappa shape index (κ3) is 2.74. The van der Waals surface area contributed by atoms with E-state index in [4.69, 9.17) is 28.3 Å². The maximum Gasteiger partial charge on any atom is 0.337 e. The molecule has 0 radical (unpaired) electrons. The van der Waals surface area contributed by atoms with Gasteiger partial charge >= 0.3 is 5.97 Å². The van der Waals surface area contributed by atoms with Crippen LogP contribution in [0.2, 0.25) is 10.0 Å². The van der Waals surface area contributed by atoms with Crippen molar-refractivity contribution in [3.05, 3.63) is 33.3 Å². The highest BCUT2D eigenvalue weighted by Crippen LogP contribution is 2.29. The molecule has 0 saturated heterocycles. The number of carbonyl (C=O) groups is 2. The van der Waals surface area contributed by atoms with E-state index >= 15 is 0 Å². The summed E-state index contributed by atoms with van der Waals surface area (Å²) in [7, 11) is 0. The van der Waals surface area contributed by atoms with Gasteiger partial charge in [-0.2, -0.15) is 0 Å². The summed E-state index contributed by atoms with van der Waals surface area (Å²) in [5.74, 6) is -1.17. The minimum absolute atomic E-state index is 0.0358. The van der Waals surface area contributed by atoms with E-state index in [9.17, 15) is 9.59 Å². The first-order chi connectivity index (χ1) is 7.47. The molecular formula is C11H10Cl2O3. The lowest BCUT2D eigenvalue weighted by Crippen LogP contribution is -2.05. The molecule has 0 heterocycles. The second kappa shape index (κ2) is 5.32. The first-order valence-electron chi connectivity index (χ1n) is 4.69. The van der Waals surface area contributed by atoms with Crippen LogP contribution in [0.4, 0.5) is 0 Å².